The molecule has 1 aliphatic heterocycles. The number of piperazine rings is 1. The number of aromatic nitrogens is 4. The summed E-state index contributed by atoms with van der Waals surface area (Å²) in [5, 5.41) is 15.1. The fourth-order valence-electron chi connectivity index (χ4n) is 3.54. The molecule has 0 bridgehead atoms. The molecule has 1 saturated heterocycles. The first kappa shape index (κ1) is 21.6. The number of rotatable bonds is 7. The number of carbonyl (C=O) groups is 1. The topological polar surface area (TPSA) is 97.6 Å². The second-order valence-electron chi connectivity index (χ2n) is 7.36. The summed E-state index contributed by atoms with van der Waals surface area (Å²) in [4.78, 5) is 16.7. The molecule has 1 fully saturated rings. The minimum atomic E-state index is -0.100. The van der Waals surface area contributed by atoms with Gasteiger partial charge in [-0.05, 0) is 65.9 Å². The third-order valence-corrected chi connectivity index (χ3v) is 5.29. The number of ether oxygens (including phenoxy) is 2. The van der Waals surface area contributed by atoms with Crippen LogP contribution in [-0.2, 0) is 6.54 Å². The summed E-state index contributed by atoms with van der Waals surface area (Å²) in [6.07, 6.45) is 0. The van der Waals surface area contributed by atoms with E-state index in [4.69, 9.17) is 9.47 Å². The van der Waals surface area contributed by atoms with E-state index < -0.39 is 0 Å². The Labute approximate surface area is 186 Å². The van der Waals surface area contributed by atoms with Crippen molar-refractivity contribution in [3.63, 3.8) is 0 Å². The Morgan fingerprint density at radius 2 is 1.69 bits per heavy atom. The summed E-state index contributed by atoms with van der Waals surface area (Å²) in [5.74, 6) is 2.32. The van der Waals surface area contributed by atoms with Crippen LogP contribution in [0.2, 0.25) is 0 Å². The molecule has 1 N–H and O–H groups in total. The average molecular weight is 438 g/mol. The van der Waals surface area contributed by atoms with Crippen LogP contribution in [0.4, 0.5) is 10.5 Å². The molecule has 32 heavy (non-hydrogen) atoms. The van der Waals surface area contributed by atoms with E-state index in [0.717, 1.165) is 41.8 Å². The number of nitrogens with zero attached hydrogens (tertiary/aromatic N) is 6. The van der Waals surface area contributed by atoms with Crippen LogP contribution in [0.5, 0.6) is 11.5 Å². The van der Waals surface area contributed by atoms with Crippen molar-refractivity contribution in [1.29, 1.82) is 0 Å². The molecule has 10 nitrogen and oxygen atoms in total. The van der Waals surface area contributed by atoms with Gasteiger partial charge < -0.3 is 19.7 Å². The molecule has 0 saturated carbocycles. The van der Waals surface area contributed by atoms with Gasteiger partial charge in [-0.15, -0.1) is 5.10 Å². The summed E-state index contributed by atoms with van der Waals surface area (Å²) in [5.41, 5.74) is 1.62. The zero-order valence-electron chi connectivity index (χ0n) is 18.3. The minimum absolute atomic E-state index is 0.100. The van der Waals surface area contributed by atoms with Crippen LogP contribution < -0.4 is 14.8 Å². The van der Waals surface area contributed by atoms with Gasteiger partial charge in [0.15, 0.2) is 5.82 Å². The van der Waals surface area contributed by atoms with Crippen LogP contribution in [0.1, 0.15) is 12.7 Å². The van der Waals surface area contributed by atoms with E-state index in [2.05, 4.69) is 25.7 Å². The van der Waals surface area contributed by atoms with Gasteiger partial charge in [0.1, 0.15) is 11.5 Å². The number of tetrazole rings is 1. The van der Waals surface area contributed by atoms with Crippen molar-refractivity contribution >= 4 is 11.7 Å². The number of benzene rings is 2. The lowest BCUT2D eigenvalue weighted by molar-refractivity contribution is 0.140. The first-order valence-electron chi connectivity index (χ1n) is 10.6. The Bertz CT molecular complexity index is 1010. The normalized spacial score (nSPS) is 14.2. The fourth-order valence-corrected chi connectivity index (χ4v) is 3.54. The van der Waals surface area contributed by atoms with Crippen LogP contribution in [0.25, 0.3) is 5.69 Å². The SMILES string of the molecule is CCOc1ccc(NC(=O)N2CCN(Cc3nnnn3-c3ccc(OC)cc3)CC2)cc1. The maximum atomic E-state index is 12.6. The monoisotopic (exact) mass is 437 g/mol. The molecule has 0 aliphatic carbocycles. The van der Waals surface area contributed by atoms with E-state index in [1.807, 2.05) is 60.4 Å². The molecule has 0 spiro atoms. The molecule has 0 radical (unpaired) electrons. The highest BCUT2D eigenvalue weighted by Crippen LogP contribution is 2.18. The lowest BCUT2D eigenvalue weighted by Gasteiger charge is -2.34. The zero-order chi connectivity index (χ0) is 22.3. The van der Waals surface area contributed by atoms with Gasteiger partial charge >= 0.3 is 6.03 Å². The molecule has 4 rings (SSSR count). The Morgan fingerprint density at radius 3 is 2.34 bits per heavy atom. The number of anilines is 1. The lowest BCUT2D eigenvalue weighted by Crippen LogP contribution is -2.49. The van der Waals surface area contributed by atoms with Gasteiger partial charge in [0.25, 0.3) is 0 Å². The smallest absolute Gasteiger partial charge is 0.321 e. The summed E-state index contributed by atoms with van der Waals surface area (Å²) < 4.78 is 12.4. The van der Waals surface area contributed by atoms with Crippen LogP contribution in [0.3, 0.4) is 0 Å². The van der Waals surface area contributed by atoms with E-state index in [-0.39, 0.29) is 6.03 Å². The summed E-state index contributed by atoms with van der Waals surface area (Å²) in [6.45, 7) is 5.91. The predicted octanol–water partition coefficient (Wildman–Crippen LogP) is 2.42. The van der Waals surface area contributed by atoms with Crippen molar-refractivity contribution in [3.8, 4) is 17.2 Å². The molecule has 2 amide bonds. The van der Waals surface area contributed by atoms with E-state index in [1.54, 1.807) is 11.8 Å². The Hall–Kier alpha value is -3.66. The first-order chi connectivity index (χ1) is 15.7. The molecule has 3 aromatic rings. The highest BCUT2D eigenvalue weighted by atomic mass is 16.5. The number of hydrogen-bond acceptors (Lipinski definition) is 7. The second kappa shape index (κ2) is 10.1. The number of nitrogens with one attached hydrogen (secondary N) is 1. The van der Waals surface area contributed by atoms with Gasteiger partial charge in [-0.1, -0.05) is 0 Å². The zero-order valence-corrected chi connectivity index (χ0v) is 18.3. The summed E-state index contributed by atoms with van der Waals surface area (Å²) >= 11 is 0. The largest absolute Gasteiger partial charge is 0.497 e. The molecule has 168 valence electrons. The molecule has 10 heteroatoms. The number of amides is 2. The van der Waals surface area contributed by atoms with Crippen molar-refractivity contribution in [2.75, 3.05) is 45.2 Å². The van der Waals surface area contributed by atoms with Gasteiger partial charge in [-0.2, -0.15) is 4.68 Å². The fraction of sp³-hybridized carbons (Fsp3) is 0.364. The Kier molecular flexibility index (Phi) is 6.81. The Morgan fingerprint density at radius 1 is 1.00 bits per heavy atom. The molecule has 1 aromatic heterocycles. The van der Waals surface area contributed by atoms with Crippen LogP contribution in [0.15, 0.2) is 48.5 Å². The summed E-state index contributed by atoms with van der Waals surface area (Å²) in [6, 6.07) is 14.9. The highest BCUT2D eigenvalue weighted by molar-refractivity contribution is 5.89. The number of methoxy groups -OCH3 is 1. The maximum absolute atomic E-state index is 12.6. The molecule has 0 atom stereocenters. The van der Waals surface area contributed by atoms with Gasteiger partial charge in [-0.3, -0.25) is 4.90 Å². The van der Waals surface area contributed by atoms with Crippen LogP contribution in [-0.4, -0.2) is 75.9 Å². The molecule has 0 unspecified atom stereocenters. The van der Waals surface area contributed by atoms with E-state index in [9.17, 15) is 4.79 Å². The van der Waals surface area contributed by atoms with Crippen molar-refractivity contribution < 1.29 is 14.3 Å². The molecule has 1 aliphatic rings. The third-order valence-electron chi connectivity index (χ3n) is 5.29. The van der Waals surface area contributed by atoms with Crippen LogP contribution >= 0.6 is 0 Å². The van der Waals surface area contributed by atoms with E-state index >= 15 is 0 Å². The third kappa shape index (κ3) is 5.14. The maximum Gasteiger partial charge on any atom is 0.321 e. The molecule has 2 heterocycles. The standard InChI is InChI=1S/C22H27N7O3/c1-3-32-20-8-4-17(5-9-20)23-22(30)28-14-12-27(13-15-28)16-21-24-25-26-29(21)18-6-10-19(31-2)11-7-18/h4-11H,3,12-16H2,1-2H3,(H,23,30). The van der Waals surface area contributed by atoms with E-state index in [0.29, 0.717) is 26.2 Å². The van der Waals surface area contributed by atoms with Crippen molar-refractivity contribution in [2.45, 2.75) is 13.5 Å². The highest BCUT2D eigenvalue weighted by Gasteiger charge is 2.23. The average Bonchev–Trinajstić information content (AvgIpc) is 3.29. The number of hydrogen-bond donors (Lipinski definition) is 1. The molecule has 2 aromatic carbocycles. The molecular formula is C22H27N7O3. The second-order valence-corrected chi connectivity index (χ2v) is 7.36. The van der Waals surface area contributed by atoms with Crippen molar-refractivity contribution in [3.05, 3.63) is 54.4 Å². The molecular weight excluding hydrogens is 410 g/mol. The quantitative estimate of drug-likeness (QED) is 0.606. The van der Waals surface area contributed by atoms with Gasteiger partial charge in [0, 0.05) is 31.9 Å². The predicted molar refractivity (Wildman–Crippen MR) is 119 cm³/mol. The minimum Gasteiger partial charge on any atom is -0.497 e. The number of carbonyl (C=O) groups excluding carboxylic acids is 1. The Balaban J connectivity index is 1.29. The van der Waals surface area contributed by atoms with Crippen molar-refractivity contribution in [1.82, 2.24) is 30.0 Å². The summed E-state index contributed by atoms with van der Waals surface area (Å²) in [7, 11) is 1.63. The van der Waals surface area contributed by atoms with E-state index in [1.165, 1.54) is 0 Å². The van der Waals surface area contributed by atoms with Gasteiger partial charge in [0.05, 0.1) is 25.9 Å². The van der Waals surface area contributed by atoms with Crippen molar-refractivity contribution in [2.24, 2.45) is 0 Å². The van der Waals surface area contributed by atoms with Gasteiger partial charge in [-0.25, -0.2) is 4.79 Å². The lowest BCUT2D eigenvalue weighted by atomic mass is 10.3. The van der Waals surface area contributed by atoms with Crippen LogP contribution in [0, 0.1) is 0 Å². The number of urea groups is 1. The van der Waals surface area contributed by atoms with Gasteiger partial charge in [0.2, 0.25) is 0 Å². The first-order valence-corrected chi connectivity index (χ1v) is 10.6.